The molecule has 6 N–H and O–H groups in total. The summed E-state index contributed by atoms with van der Waals surface area (Å²) in [6, 6.07) is 5.76. The first-order valence-corrected chi connectivity index (χ1v) is 23.7. The first kappa shape index (κ1) is 40.0. The number of benzene rings is 1. The Morgan fingerprint density at radius 1 is 0.967 bits per heavy atom. The molecular formula is C51H65NO8. The summed E-state index contributed by atoms with van der Waals surface area (Å²) in [5, 5.41) is 68.0. The van der Waals surface area contributed by atoms with Crippen LogP contribution >= 0.6 is 0 Å². The van der Waals surface area contributed by atoms with Gasteiger partial charge in [0.15, 0.2) is 0 Å². The van der Waals surface area contributed by atoms with Crippen molar-refractivity contribution >= 4 is 12.3 Å². The molecule has 1 aliphatic heterocycles. The highest BCUT2D eigenvalue weighted by atomic mass is 16.5. The summed E-state index contributed by atoms with van der Waals surface area (Å²) in [7, 11) is 1.94. The van der Waals surface area contributed by atoms with Crippen LogP contribution in [0.4, 0.5) is 0 Å². The molecule has 0 radical (unpaired) electrons. The monoisotopic (exact) mass is 819 g/mol. The number of aldehydes is 1. The van der Waals surface area contributed by atoms with E-state index in [4.69, 9.17) is 4.74 Å². The van der Waals surface area contributed by atoms with Gasteiger partial charge < -0.3 is 40.4 Å². The highest BCUT2D eigenvalue weighted by molar-refractivity contribution is 5.86. The van der Waals surface area contributed by atoms with Gasteiger partial charge in [-0.1, -0.05) is 61.8 Å². The molecule has 4 bridgehead atoms. The van der Waals surface area contributed by atoms with Crippen LogP contribution in [0.25, 0.3) is 0 Å². The molecule has 7 saturated carbocycles. The van der Waals surface area contributed by atoms with Crippen molar-refractivity contribution in [1.29, 1.82) is 0 Å². The van der Waals surface area contributed by atoms with Gasteiger partial charge in [0.05, 0.1) is 29.3 Å². The van der Waals surface area contributed by atoms with Crippen LogP contribution in [-0.2, 0) is 27.4 Å². The Morgan fingerprint density at radius 3 is 2.58 bits per heavy atom. The van der Waals surface area contributed by atoms with Crippen molar-refractivity contribution in [2.45, 2.75) is 151 Å². The molecule has 1 heterocycles. The number of allylic oxidation sites excluding steroid dienone is 2. The molecule has 0 saturated heterocycles. The third-order valence-corrected chi connectivity index (χ3v) is 20.1. The Balaban J connectivity index is 1.07. The normalized spacial score (nSPS) is 50.0. The van der Waals surface area contributed by atoms with Crippen LogP contribution < -0.4 is 5.32 Å². The van der Waals surface area contributed by atoms with Crippen LogP contribution in [0, 0.1) is 81.8 Å². The van der Waals surface area contributed by atoms with Gasteiger partial charge in [-0.2, -0.15) is 0 Å². The molecule has 9 heteroatoms. The zero-order chi connectivity index (χ0) is 41.4. The smallest absolute Gasteiger partial charge is 0.331 e. The number of nitrogens with one attached hydrogen (secondary N) is 1. The van der Waals surface area contributed by atoms with Crippen molar-refractivity contribution in [2.75, 3.05) is 7.05 Å². The van der Waals surface area contributed by atoms with E-state index in [1.807, 2.05) is 25.2 Å². The standard InChI is InChI=1S/C51H65NO8/c1-52-41-23-36-30(11-6-13-32(36)27-53)10-4-5-17-47-19-16-43-48(28-54)18-15-42(55)40-21-31-12-7-14-35(29-8-2-3-9-29)37(31)22-34(51(40,48)59)26-49(43,57)50(47,58)25-33-20-38(41)46-39(45(33)47)24-44(56)60-46/h6-7,11-13,24,28-29,31,33-35,37-38,40-43,45-46,52-53,55,57-59H,2-3,5,8-9,14-23,25-27H2,1H3/t31-,33+,34+,35-,37+,38+,40-,41-,42+,43-,45-,46+,47-,48+,49+,50-,51+/m1/s1. The average Bonchev–Trinajstić information content (AvgIpc) is 3.96. The van der Waals surface area contributed by atoms with Crippen molar-refractivity contribution in [3.05, 3.63) is 58.7 Å². The summed E-state index contributed by atoms with van der Waals surface area (Å²) in [5.41, 5.74) is -3.42. The van der Waals surface area contributed by atoms with E-state index in [1.165, 1.54) is 25.7 Å². The van der Waals surface area contributed by atoms with Gasteiger partial charge in [0.1, 0.15) is 18.0 Å². The molecule has 1 aromatic carbocycles. The van der Waals surface area contributed by atoms with Crippen molar-refractivity contribution in [1.82, 2.24) is 5.32 Å². The predicted octanol–water partition coefficient (Wildman–Crippen LogP) is 5.32. The first-order chi connectivity index (χ1) is 29.0. The maximum atomic E-state index is 14.3. The number of carbonyl (C=O) groups is 2. The van der Waals surface area contributed by atoms with E-state index < -0.39 is 57.6 Å². The lowest BCUT2D eigenvalue weighted by Gasteiger charge is -2.72. The van der Waals surface area contributed by atoms with E-state index in [0.29, 0.717) is 76.0 Å². The topological polar surface area (TPSA) is 157 Å². The molecule has 1 aromatic rings. The summed E-state index contributed by atoms with van der Waals surface area (Å²) < 4.78 is 6.27. The molecule has 7 fully saturated rings. The van der Waals surface area contributed by atoms with Gasteiger partial charge in [-0.15, -0.1) is 0 Å². The van der Waals surface area contributed by atoms with Crippen LogP contribution in [0.3, 0.4) is 0 Å². The second kappa shape index (κ2) is 14.1. The second-order valence-corrected chi connectivity index (χ2v) is 21.6. The first-order valence-electron chi connectivity index (χ1n) is 23.7. The zero-order valence-electron chi connectivity index (χ0n) is 35.2. The van der Waals surface area contributed by atoms with Crippen LogP contribution in [0.1, 0.15) is 119 Å². The van der Waals surface area contributed by atoms with Crippen LogP contribution in [0.15, 0.2) is 42.0 Å². The van der Waals surface area contributed by atoms with E-state index in [9.17, 15) is 35.1 Å². The molecule has 9 nitrogen and oxygen atoms in total. The maximum absolute atomic E-state index is 14.3. The zero-order valence-corrected chi connectivity index (χ0v) is 35.2. The van der Waals surface area contributed by atoms with E-state index in [2.05, 4.69) is 29.3 Å². The minimum absolute atomic E-state index is 0.0699. The summed E-state index contributed by atoms with van der Waals surface area (Å²) in [6.45, 7) is -0.104. The van der Waals surface area contributed by atoms with Gasteiger partial charge in [-0.3, -0.25) is 0 Å². The van der Waals surface area contributed by atoms with Gasteiger partial charge in [0.2, 0.25) is 0 Å². The van der Waals surface area contributed by atoms with Gasteiger partial charge in [0, 0.05) is 47.3 Å². The van der Waals surface area contributed by atoms with Gasteiger partial charge in [-0.05, 0) is 148 Å². The molecule has 0 amide bonds. The molecular weight excluding hydrogens is 755 g/mol. The summed E-state index contributed by atoms with van der Waals surface area (Å²) in [6.07, 6.45) is 17.7. The predicted molar refractivity (Wildman–Crippen MR) is 223 cm³/mol. The van der Waals surface area contributed by atoms with Crippen molar-refractivity contribution in [3.63, 3.8) is 0 Å². The van der Waals surface area contributed by atoms with Crippen molar-refractivity contribution < 1.29 is 39.9 Å². The number of hydrogen-bond acceptors (Lipinski definition) is 9. The molecule has 11 aliphatic rings. The number of esters is 1. The molecule has 0 unspecified atom stereocenters. The molecule has 60 heavy (non-hydrogen) atoms. The summed E-state index contributed by atoms with van der Waals surface area (Å²) in [5.74, 6) is 6.03. The lowest BCUT2D eigenvalue weighted by atomic mass is 9.35. The highest BCUT2D eigenvalue weighted by Gasteiger charge is 2.83. The minimum atomic E-state index is -1.70. The van der Waals surface area contributed by atoms with E-state index in [1.54, 1.807) is 6.08 Å². The fourth-order valence-corrected chi connectivity index (χ4v) is 17.9. The third-order valence-electron chi connectivity index (χ3n) is 20.1. The van der Waals surface area contributed by atoms with Crippen LogP contribution in [-0.4, -0.2) is 79.9 Å². The Hall–Kier alpha value is -2.84. The molecule has 0 aromatic heterocycles. The minimum Gasteiger partial charge on any atom is -0.454 e. The fourth-order valence-electron chi connectivity index (χ4n) is 17.9. The fraction of sp³-hybridized carbons (Fsp3) is 0.725. The summed E-state index contributed by atoms with van der Waals surface area (Å²) >= 11 is 0. The van der Waals surface area contributed by atoms with Crippen molar-refractivity contribution in [3.8, 4) is 11.8 Å². The van der Waals surface area contributed by atoms with Crippen LogP contribution in [0.5, 0.6) is 0 Å². The highest BCUT2D eigenvalue weighted by Crippen LogP contribution is 2.77. The molecule has 12 rings (SSSR count). The van der Waals surface area contributed by atoms with Gasteiger partial charge >= 0.3 is 5.97 Å². The Kier molecular flexibility index (Phi) is 9.38. The van der Waals surface area contributed by atoms with Gasteiger partial charge in [-0.25, -0.2) is 4.79 Å². The van der Waals surface area contributed by atoms with E-state index in [-0.39, 0.29) is 61.0 Å². The number of hydrogen-bond donors (Lipinski definition) is 6. The second-order valence-electron chi connectivity index (χ2n) is 21.6. The number of aliphatic hydroxyl groups excluding tert-OH is 2. The quantitative estimate of drug-likeness (QED) is 0.103. The Labute approximate surface area is 354 Å². The number of aliphatic hydroxyl groups is 5. The number of carbonyl (C=O) groups excluding carboxylic acids is 2. The molecule has 322 valence electrons. The van der Waals surface area contributed by atoms with Gasteiger partial charge in [0.25, 0.3) is 0 Å². The number of likely N-dealkylation sites (N-methyl/N-ethyl adjacent to an activating group) is 1. The van der Waals surface area contributed by atoms with E-state index >= 15 is 0 Å². The van der Waals surface area contributed by atoms with E-state index in [0.717, 1.165) is 35.0 Å². The van der Waals surface area contributed by atoms with Crippen LogP contribution in [0.2, 0.25) is 0 Å². The maximum Gasteiger partial charge on any atom is 0.331 e. The Bertz CT molecular complexity index is 2060. The number of fused-ring (bicyclic) bond motifs is 7. The lowest BCUT2D eigenvalue weighted by Crippen LogP contribution is -2.80. The molecule has 17 atom stereocenters. The van der Waals surface area contributed by atoms with Crippen molar-refractivity contribution in [2.24, 2.45) is 70.0 Å². The lowest BCUT2D eigenvalue weighted by molar-refractivity contribution is -0.343. The third kappa shape index (κ3) is 5.10. The Morgan fingerprint density at radius 2 is 1.80 bits per heavy atom. The average molecular weight is 820 g/mol. The number of ether oxygens (including phenoxy) is 1. The summed E-state index contributed by atoms with van der Waals surface area (Å²) in [4.78, 5) is 27.7. The SMILES string of the molecule is CN[C@@H]1Cc2c(cccc2CO)C#CCC[C@]23CC[C@H]4[C@@](O)(C[C@@H]5C[C@H]6[C@H](C=CC[C@@H]6C6CCCC6)C[C@@H]6[C@@H](O)CC[C@@]4(C=O)[C@]56O)[C@@]2(O)C[C@@H]2C[C@@H]1[C@@H]1OC(=O)C=C1[C@@H]23. The molecule has 1 spiro atoms. The number of rotatable bonds is 4. The molecule has 10 aliphatic carbocycles. The largest absolute Gasteiger partial charge is 0.454 e.